The van der Waals surface area contributed by atoms with Crippen LogP contribution >= 0.6 is 0 Å². The predicted molar refractivity (Wildman–Crippen MR) is 202 cm³/mol. The number of ether oxygens (including phenoxy) is 3. The number of carbonyl (C=O) groups is 2. The van der Waals surface area contributed by atoms with E-state index < -0.39 is 21.6 Å². The number of anilines is 1. The van der Waals surface area contributed by atoms with Crippen LogP contribution in [0.15, 0.2) is 47.4 Å². The Morgan fingerprint density at radius 2 is 1.68 bits per heavy atom. The van der Waals surface area contributed by atoms with E-state index in [4.69, 9.17) is 14.2 Å². The van der Waals surface area contributed by atoms with E-state index in [0.717, 1.165) is 54.9 Å². The van der Waals surface area contributed by atoms with Crippen molar-refractivity contribution in [3.05, 3.63) is 59.2 Å². The molecule has 1 atom stereocenters. The van der Waals surface area contributed by atoms with E-state index in [1.165, 1.54) is 25.3 Å². The van der Waals surface area contributed by atoms with Crippen LogP contribution in [-0.4, -0.2) is 84.9 Å². The van der Waals surface area contributed by atoms with Crippen molar-refractivity contribution in [3.63, 3.8) is 0 Å². The number of piperidine rings is 1. The number of sulfonamides is 1. The van der Waals surface area contributed by atoms with E-state index in [9.17, 15) is 23.1 Å². The lowest BCUT2D eigenvalue weighted by Gasteiger charge is -2.53. The van der Waals surface area contributed by atoms with E-state index in [2.05, 4.69) is 33.9 Å². The number of aromatic carboxylic acids is 1. The number of amides is 1. The third-order valence-corrected chi connectivity index (χ3v) is 11.2. The normalized spacial score (nSPS) is 16.6. The molecule has 13 nitrogen and oxygen atoms in total. The fraction of sp³-hybridized carbons (Fsp3) is 0.538. The fourth-order valence-electron chi connectivity index (χ4n) is 7.36. The Hall–Kier alpha value is -4.43. The van der Waals surface area contributed by atoms with Crippen LogP contribution in [-0.2, 0) is 14.8 Å². The zero-order valence-electron chi connectivity index (χ0n) is 32.0. The second kappa shape index (κ2) is 15.9. The van der Waals surface area contributed by atoms with Crippen molar-refractivity contribution in [2.75, 3.05) is 31.5 Å². The lowest BCUT2D eigenvalue weighted by molar-refractivity contribution is -0.0192. The molecule has 2 aliphatic rings. The zero-order chi connectivity index (χ0) is 38.7. The molecule has 1 saturated heterocycles. The maximum Gasteiger partial charge on any atom is 0.410 e. The summed E-state index contributed by atoms with van der Waals surface area (Å²) in [6.07, 6.45) is 4.47. The Balaban J connectivity index is 1.36. The van der Waals surface area contributed by atoms with E-state index in [0.29, 0.717) is 24.7 Å². The van der Waals surface area contributed by atoms with Gasteiger partial charge in [0.15, 0.2) is 0 Å². The molecule has 53 heavy (non-hydrogen) atoms. The van der Waals surface area contributed by atoms with Crippen molar-refractivity contribution < 1.29 is 37.3 Å². The highest BCUT2D eigenvalue weighted by Gasteiger charge is 2.47. The topological polar surface area (TPSA) is 169 Å². The lowest BCUT2D eigenvalue weighted by atomic mass is 9.60. The first-order valence-electron chi connectivity index (χ1n) is 18.1. The molecule has 0 bridgehead atoms. The second-order valence-corrected chi connectivity index (χ2v) is 17.5. The maximum absolute atomic E-state index is 13.5. The van der Waals surface area contributed by atoms with Gasteiger partial charge in [-0.3, -0.25) is 0 Å². The summed E-state index contributed by atoms with van der Waals surface area (Å²) >= 11 is 0. The molecule has 0 radical (unpaired) electrons. The summed E-state index contributed by atoms with van der Waals surface area (Å²) in [4.78, 5) is 34.9. The number of hydrogen-bond donors (Lipinski definition) is 3. The first kappa shape index (κ1) is 39.8. The van der Waals surface area contributed by atoms with Crippen molar-refractivity contribution in [1.82, 2.24) is 20.2 Å². The molecule has 1 spiro atoms. The molecule has 1 aliphatic carbocycles. The van der Waals surface area contributed by atoms with Crippen molar-refractivity contribution in [3.8, 4) is 22.9 Å². The number of benzene rings is 2. The number of nitrogens with zero attached hydrogens (tertiary/aromatic N) is 3. The third-order valence-electron chi connectivity index (χ3n) is 9.86. The van der Waals surface area contributed by atoms with Gasteiger partial charge in [-0.15, -0.1) is 0 Å². The number of aromatic nitrogens is 2. The largest absolute Gasteiger partial charge is 0.490 e. The third kappa shape index (κ3) is 9.77. The van der Waals surface area contributed by atoms with Gasteiger partial charge in [0.25, 0.3) is 15.9 Å². The summed E-state index contributed by atoms with van der Waals surface area (Å²) < 4.78 is 47.3. The Labute approximate surface area is 312 Å². The molecule has 2 fully saturated rings. The van der Waals surface area contributed by atoms with E-state index in [1.54, 1.807) is 0 Å². The maximum atomic E-state index is 13.5. The van der Waals surface area contributed by atoms with Gasteiger partial charge in [-0.25, -0.2) is 27.7 Å². The van der Waals surface area contributed by atoms with Gasteiger partial charge in [0.2, 0.25) is 11.7 Å². The molecule has 0 unspecified atom stereocenters. The standard InChI is InChI=1S/C39H53N5O8S/c1-24(2)19-28(40-29-21-39(22-29)15-17-44(18-16-39)37(47)52-38(5,6)7)23-51-34-33(50-8)32(31-25(3)11-9-12-26(31)4)41-36(42-34)43-53(48,49)30-14-10-13-27(20-30)35(45)46/h9-14,20,24,28-29,40H,15-19,21-23H2,1-8H3,(H,45,46)(H,41,42,43)/t28-/m1/s1. The molecule has 1 aromatic heterocycles. The quantitative estimate of drug-likeness (QED) is 0.167. The molecule has 1 aliphatic heterocycles. The Morgan fingerprint density at radius 1 is 1.04 bits per heavy atom. The van der Waals surface area contributed by atoms with Crippen molar-refractivity contribution >= 4 is 28.0 Å². The summed E-state index contributed by atoms with van der Waals surface area (Å²) in [7, 11) is -2.79. The fourth-order valence-corrected chi connectivity index (χ4v) is 8.35. The molecule has 1 saturated carbocycles. The molecule has 288 valence electrons. The molecule has 3 aromatic rings. The van der Waals surface area contributed by atoms with E-state index in [1.807, 2.05) is 57.7 Å². The summed E-state index contributed by atoms with van der Waals surface area (Å²) in [6.45, 7) is 15.4. The number of carboxylic acid groups (broad SMARTS) is 1. The van der Waals surface area contributed by atoms with E-state index in [-0.39, 0.29) is 58.2 Å². The van der Waals surface area contributed by atoms with Gasteiger partial charge in [-0.2, -0.15) is 4.98 Å². The molecule has 2 heterocycles. The van der Waals surface area contributed by atoms with Crippen molar-refractivity contribution in [1.29, 1.82) is 0 Å². The minimum Gasteiger partial charge on any atom is -0.490 e. The van der Waals surface area contributed by atoms with Crippen LogP contribution in [0.5, 0.6) is 11.6 Å². The smallest absolute Gasteiger partial charge is 0.410 e. The number of carboxylic acids is 1. The van der Waals surface area contributed by atoms with E-state index >= 15 is 0 Å². The molecule has 14 heteroatoms. The highest BCUT2D eigenvalue weighted by molar-refractivity contribution is 7.92. The van der Waals surface area contributed by atoms with Crippen LogP contribution < -0.4 is 19.5 Å². The first-order chi connectivity index (χ1) is 24.9. The van der Waals surface area contributed by atoms with Crippen LogP contribution in [0.4, 0.5) is 10.7 Å². The molecule has 1 amide bonds. The van der Waals surface area contributed by atoms with Crippen molar-refractivity contribution in [2.24, 2.45) is 11.3 Å². The zero-order valence-corrected chi connectivity index (χ0v) is 32.8. The number of hydrogen-bond acceptors (Lipinski definition) is 10. The first-order valence-corrected chi connectivity index (χ1v) is 19.6. The van der Waals surface area contributed by atoms with Gasteiger partial charge in [-0.05, 0) is 107 Å². The second-order valence-electron chi connectivity index (χ2n) is 15.8. The highest BCUT2D eigenvalue weighted by Crippen LogP contribution is 2.49. The van der Waals surface area contributed by atoms with Gasteiger partial charge < -0.3 is 29.5 Å². The van der Waals surface area contributed by atoms with Crippen LogP contribution in [0.2, 0.25) is 0 Å². The number of aryl methyl sites for hydroxylation is 2. The lowest BCUT2D eigenvalue weighted by Crippen LogP contribution is -2.57. The van der Waals surface area contributed by atoms with Gasteiger partial charge in [0.05, 0.1) is 17.6 Å². The average molecular weight is 752 g/mol. The molecular weight excluding hydrogens is 699 g/mol. The summed E-state index contributed by atoms with van der Waals surface area (Å²) in [5.41, 5.74) is 2.41. The summed E-state index contributed by atoms with van der Waals surface area (Å²) in [6, 6.07) is 11.1. The summed E-state index contributed by atoms with van der Waals surface area (Å²) in [5, 5.41) is 13.2. The average Bonchev–Trinajstić information content (AvgIpc) is 3.05. The van der Waals surface area contributed by atoms with Gasteiger partial charge in [-0.1, -0.05) is 38.1 Å². The predicted octanol–water partition coefficient (Wildman–Crippen LogP) is 6.83. The number of rotatable bonds is 13. The molecule has 3 N–H and O–H groups in total. The number of nitrogens with one attached hydrogen (secondary N) is 2. The Kier molecular flexibility index (Phi) is 11.9. The van der Waals surface area contributed by atoms with Gasteiger partial charge >= 0.3 is 12.1 Å². The van der Waals surface area contributed by atoms with Gasteiger partial charge in [0.1, 0.15) is 17.9 Å². The monoisotopic (exact) mass is 751 g/mol. The minimum absolute atomic E-state index is 0.0404. The summed E-state index contributed by atoms with van der Waals surface area (Å²) in [5.74, 6) is -0.788. The molecule has 5 rings (SSSR count). The van der Waals surface area contributed by atoms with Crippen LogP contribution in [0, 0.1) is 25.2 Å². The SMILES string of the molecule is COc1c(OC[C@@H](CC(C)C)NC2CC3(CCN(C(=O)OC(C)(C)C)CC3)C2)nc(NS(=O)(=O)c2cccc(C(=O)O)c2)nc1-c1c(C)cccc1C. The Morgan fingerprint density at radius 3 is 2.26 bits per heavy atom. The molecular formula is C39H53N5O8S. The van der Waals surface area contributed by atoms with Crippen molar-refractivity contribution in [2.45, 2.75) is 103 Å². The number of likely N-dealkylation sites (tertiary alicyclic amines) is 1. The number of methoxy groups -OCH3 is 1. The highest BCUT2D eigenvalue weighted by atomic mass is 32.2. The van der Waals surface area contributed by atoms with Gasteiger partial charge in [0, 0.05) is 30.7 Å². The minimum atomic E-state index is -4.29. The van der Waals surface area contributed by atoms with Crippen LogP contribution in [0.25, 0.3) is 11.3 Å². The Bertz CT molecular complexity index is 1890. The molecule has 2 aromatic carbocycles. The van der Waals surface area contributed by atoms with Crippen LogP contribution in [0.3, 0.4) is 0 Å². The number of carbonyl (C=O) groups excluding carboxylic acids is 1. The van der Waals surface area contributed by atoms with Crippen LogP contribution in [0.1, 0.15) is 88.2 Å².